The maximum atomic E-state index is 10.8. The fraction of sp³-hybridized carbons (Fsp3) is 0.556. The lowest BCUT2D eigenvalue weighted by Gasteiger charge is -2.20. The number of aromatic nitrogens is 1. The third-order valence-corrected chi connectivity index (χ3v) is 2.74. The minimum atomic E-state index is -0.744. The van der Waals surface area contributed by atoms with Gasteiger partial charge in [-0.25, -0.2) is 4.98 Å². The lowest BCUT2D eigenvalue weighted by atomic mass is 10.0. The standard InChI is InChI=1S/C9H12N2O3/c1-6-7(8(12)13)2-4-11(6)9-10-3-5-14-9/h3,5-7H,2,4H2,1H3,(H,12,13)/t6-,7+/m1/s1. The predicted molar refractivity (Wildman–Crippen MR) is 49.1 cm³/mol. The average molecular weight is 196 g/mol. The highest BCUT2D eigenvalue weighted by Gasteiger charge is 2.37. The SMILES string of the molecule is C[C@@H]1[C@@H](C(=O)O)CCN1c1ncco1. The molecule has 2 rings (SSSR count). The molecule has 0 amide bonds. The Morgan fingerprint density at radius 2 is 2.57 bits per heavy atom. The van der Waals surface area contributed by atoms with Crippen LogP contribution in [0.25, 0.3) is 0 Å². The second-order valence-corrected chi connectivity index (χ2v) is 3.48. The molecule has 0 bridgehead atoms. The molecule has 0 unspecified atom stereocenters. The van der Waals surface area contributed by atoms with Gasteiger partial charge in [0.25, 0.3) is 6.01 Å². The zero-order valence-electron chi connectivity index (χ0n) is 7.88. The van der Waals surface area contributed by atoms with Crippen molar-refractivity contribution in [3.05, 3.63) is 12.5 Å². The van der Waals surface area contributed by atoms with Gasteiger partial charge < -0.3 is 14.4 Å². The van der Waals surface area contributed by atoms with Crippen molar-refractivity contribution in [1.82, 2.24) is 4.98 Å². The van der Waals surface area contributed by atoms with Crippen LogP contribution < -0.4 is 4.90 Å². The van der Waals surface area contributed by atoms with Crippen molar-refractivity contribution >= 4 is 12.0 Å². The van der Waals surface area contributed by atoms with Crippen LogP contribution in [0.15, 0.2) is 16.9 Å². The molecule has 1 aliphatic heterocycles. The number of hydrogen-bond donors (Lipinski definition) is 1. The Balaban J connectivity index is 2.15. The van der Waals surface area contributed by atoms with Gasteiger partial charge in [-0.1, -0.05) is 0 Å². The van der Waals surface area contributed by atoms with Gasteiger partial charge in [-0.05, 0) is 13.3 Å². The Hall–Kier alpha value is -1.52. The molecule has 1 aromatic rings. The molecular formula is C9H12N2O3. The normalized spacial score (nSPS) is 26.8. The van der Waals surface area contributed by atoms with Gasteiger partial charge in [0.2, 0.25) is 0 Å². The lowest BCUT2D eigenvalue weighted by molar-refractivity contribution is -0.141. The van der Waals surface area contributed by atoms with E-state index < -0.39 is 5.97 Å². The predicted octanol–water partition coefficient (Wildman–Crippen LogP) is 0.974. The van der Waals surface area contributed by atoms with Crippen molar-refractivity contribution in [2.75, 3.05) is 11.4 Å². The van der Waals surface area contributed by atoms with Gasteiger partial charge >= 0.3 is 5.97 Å². The summed E-state index contributed by atoms with van der Waals surface area (Å²) >= 11 is 0. The van der Waals surface area contributed by atoms with Crippen molar-refractivity contribution in [3.8, 4) is 0 Å². The van der Waals surface area contributed by atoms with E-state index in [-0.39, 0.29) is 12.0 Å². The summed E-state index contributed by atoms with van der Waals surface area (Å²) in [7, 11) is 0. The number of nitrogens with zero attached hydrogens (tertiary/aromatic N) is 2. The first-order chi connectivity index (χ1) is 6.70. The molecule has 5 nitrogen and oxygen atoms in total. The molecule has 76 valence electrons. The number of rotatable bonds is 2. The molecule has 2 heterocycles. The largest absolute Gasteiger partial charge is 0.481 e. The minimum Gasteiger partial charge on any atom is -0.481 e. The number of oxazole rings is 1. The Bertz CT molecular complexity index is 323. The molecule has 0 saturated carbocycles. The molecule has 0 radical (unpaired) electrons. The number of carboxylic acid groups (broad SMARTS) is 1. The molecular weight excluding hydrogens is 184 g/mol. The van der Waals surface area contributed by atoms with Crippen molar-refractivity contribution in [3.63, 3.8) is 0 Å². The van der Waals surface area contributed by atoms with E-state index in [1.807, 2.05) is 11.8 Å². The van der Waals surface area contributed by atoms with Crippen LogP contribution in [0.2, 0.25) is 0 Å². The van der Waals surface area contributed by atoms with Crippen LogP contribution in [0, 0.1) is 5.92 Å². The van der Waals surface area contributed by atoms with Crippen LogP contribution in [-0.4, -0.2) is 28.6 Å². The van der Waals surface area contributed by atoms with Crippen LogP contribution in [0.3, 0.4) is 0 Å². The van der Waals surface area contributed by atoms with Crippen molar-refractivity contribution < 1.29 is 14.3 Å². The van der Waals surface area contributed by atoms with E-state index in [9.17, 15) is 4.79 Å². The molecule has 1 fully saturated rings. The summed E-state index contributed by atoms with van der Waals surface area (Å²) in [6.45, 7) is 2.58. The summed E-state index contributed by atoms with van der Waals surface area (Å²) in [5.74, 6) is -1.06. The number of carboxylic acids is 1. The van der Waals surface area contributed by atoms with Crippen LogP contribution in [-0.2, 0) is 4.79 Å². The van der Waals surface area contributed by atoms with E-state index in [4.69, 9.17) is 9.52 Å². The van der Waals surface area contributed by atoms with Gasteiger partial charge in [-0.15, -0.1) is 0 Å². The molecule has 5 heteroatoms. The smallest absolute Gasteiger partial charge is 0.308 e. The number of anilines is 1. The number of carbonyl (C=O) groups is 1. The summed E-state index contributed by atoms with van der Waals surface area (Å²) in [5, 5.41) is 8.92. The van der Waals surface area contributed by atoms with Crippen molar-refractivity contribution in [1.29, 1.82) is 0 Å². The molecule has 0 aliphatic carbocycles. The summed E-state index contributed by atoms with van der Waals surface area (Å²) < 4.78 is 5.14. The average Bonchev–Trinajstić information content (AvgIpc) is 2.71. The second-order valence-electron chi connectivity index (χ2n) is 3.48. The number of hydrogen-bond acceptors (Lipinski definition) is 4. The van der Waals surface area contributed by atoms with Crippen LogP contribution in [0.4, 0.5) is 6.01 Å². The maximum Gasteiger partial charge on any atom is 0.308 e. The van der Waals surface area contributed by atoms with Crippen LogP contribution >= 0.6 is 0 Å². The van der Waals surface area contributed by atoms with Gasteiger partial charge in [-0.2, -0.15) is 0 Å². The lowest BCUT2D eigenvalue weighted by Crippen LogP contribution is -2.33. The molecule has 1 aromatic heterocycles. The van der Waals surface area contributed by atoms with Gasteiger partial charge in [0, 0.05) is 12.6 Å². The van der Waals surface area contributed by atoms with E-state index in [0.717, 1.165) is 0 Å². The fourth-order valence-corrected chi connectivity index (χ4v) is 1.90. The maximum absolute atomic E-state index is 10.8. The minimum absolute atomic E-state index is 0.0499. The molecule has 1 aliphatic rings. The third kappa shape index (κ3) is 1.34. The van der Waals surface area contributed by atoms with E-state index in [0.29, 0.717) is 19.0 Å². The Kier molecular flexibility index (Phi) is 2.15. The molecule has 0 spiro atoms. The fourth-order valence-electron chi connectivity index (χ4n) is 1.90. The van der Waals surface area contributed by atoms with Crippen LogP contribution in [0.5, 0.6) is 0 Å². The van der Waals surface area contributed by atoms with Gasteiger partial charge in [0.05, 0.1) is 12.1 Å². The summed E-state index contributed by atoms with van der Waals surface area (Å²) in [6.07, 6.45) is 3.71. The van der Waals surface area contributed by atoms with E-state index >= 15 is 0 Å². The summed E-state index contributed by atoms with van der Waals surface area (Å²) in [5.41, 5.74) is 0. The van der Waals surface area contributed by atoms with Crippen molar-refractivity contribution in [2.45, 2.75) is 19.4 Å². The Morgan fingerprint density at radius 1 is 1.79 bits per heavy atom. The Morgan fingerprint density at radius 3 is 3.07 bits per heavy atom. The first-order valence-corrected chi connectivity index (χ1v) is 4.59. The second kappa shape index (κ2) is 3.32. The zero-order valence-corrected chi connectivity index (χ0v) is 7.88. The topological polar surface area (TPSA) is 66.6 Å². The summed E-state index contributed by atoms with van der Waals surface area (Å²) in [6, 6.07) is 0.465. The van der Waals surface area contributed by atoms with Gasteiger partial charge in [-0.3, -0.25) is 4.79 Å². The summed E-state index contributed by atoms with van der Waals surface area (Å²) in [4.78, 5) is 16.7. The first kappa shape index (κ1) is 9.05. The molecule has 1 N–H and O–H groups in total. The highest BCUT2D eigenvalue weighted by Crippen LogP contribution is 2.28. The monoisotopic (exact) mass is 196 g/mol. The van der Waals surface area contributed by atoms with Gasteiger partial charge in [0.15, 0.2) is 0 Å². The Labute approximate surface area is 81.3 Å². The van der Waals surface area contributed by atoms with E-state index in [2.05, 4.69) is 4.98 Å². The van der Waals surface area contributed by atoms with Gasteiger partial charge in [0.1, 0.15) is 6.26 Å². The first-order valence-electron chi connectivity index (χ1n) is 4.59. The van der Waals surface area contributed by atoms with E-state index in [1.54, 1.807) is 6.20 Å². The van der Waals surface area contributed by atoms with Crippen molar-refractivity contribution in [2.24, 2.45) is 5.92 Å². The molecule has 14 heavy (non-hydrogen) atoms. The number of aliphatic carboxylic acids is 1. The molecule has 0 aromatic carbocycles. The molecule has 1 saturated heterocycles. The zero-order chi connectivity index (χ0) is 10.1. The molecule has 2 atom stereocenters. The quantitative estimate of drug-likeness (QED) is 0.763. The van der Waals surface area contributed by atoms with Crippen LogP contribution in [0.1, 0.15) is 13.3 Å². The highest BCUT2D eigenvalue weighted by molar-refractivity contribution is 5.72. The highest BCUT2D eigenvalue weighted by atomic mass is 16.4. The third-order valence-electron chi connectivity index (χ3n) is 2.74. The van der Waals surface area contributed by atoms with E-state index in [1.165, 1.54) is 6.26 Å².